The van der Waals surface area contributed by atoms with Crippen LogP contribution in [0.15, 0.2) is 41.4 Å². The highest BCUT2D eigenvalue weighted by molar-refractivity contribution is 7.16. The molecule has 27 heavy (non-hydrogen) atoms. The third-order valence-corrected chi connectivity index (χ3v) is 5.97. The second kappa shape index (κ2) is 7.42. The van der Waals surface area contributed by atoms with E-state index in [-0.39, 0.29) is 5.91 Å². The molecule has 0 saturated heterocycles. The minimum atomic E-state index is -0.229. The molecule has 3 aromatic rings. The Bertz CT molecular complexity index is 1130. The van der Waals surface area contributed by atoms with Crippen molar-refractivity contribution in [2.75, 3.05) is 7.11 Å². The van der Waals surface area contributed by atoms with Crippen molar-refractivity contribution in [1.29, 1.82) is 0 Å². The van der Waals surface area contributed by atoms with Crippen molar-refractivity contribution in [3.05, 3.63) is 57.9 Å². The predicted octanol–water partition coefficient (Wildman–Crippen LogP) is 3.96. The summed E-state index contributed by atoms with van der Waals surface area (Å²) in [6.07, 6.45) is 10.1. The van der Waals surface area contributed by atoms with Gasteiger partial charge in [-0.1, -0.05) is 23.3 Å². The third-order valence-electron chi connectivity index (χ3n) is 4.93. The monoisotopic (exact) mass is 376 g/mol. The maximum Gasteiger partial charge on any atom is 0.279 e. The van der Waals surface area contributed by atoms with Crippen LogP contribution < -0.4 is 9.54 Å². The lowest BCUT2D eigenvalue weighted by Crippen LogP contribution is -2.16. The second-order valence-corrected chi connectivity index (χ2v) is 7.63. The van der Waals surface area contributed by atoms with Crippen LogP contribution in [0.1, 0.15) is 34.3 Å². The highest BCUT2D eigenvalue weighted by atomic mass is 32.1. The molecule has 0 unspecified atom stereocenters. The number of methoxy groups -OCH3 is 1. The van der Waals surface area contributed by atoms with Crippen molar-refractivity contribution in [3.63, 3.8) is 0 Å². The van der Waals surface area contributed by atoms with E-state index >= 15 is 0 Å². The van der Waals surface area contributed by atoms with Gasteiger partial charge in [-0.3, -0.25) is 4.79 Å². The molecule has 0 N–H and O–H groups in total. The summed E-state index contributed by atoms with van der Waals surface area (Å²) in [4.78, 5) is 17.8. The molecule has 0 radical (unpaired) electrons. The zero-order valence-corrected chi connectivity index (χ0v) is 16.0. The highest BCUT2D eigenvalue weighted by Gasteiger charge is 2.14. The molecular weight excluding hydrogens is 356 g/mol. The van der Waals surface area contributed by atoms with Crippen molar-refractivity contribution in [2.24, 2.45) is 4.99 Å². The summed E-state index contributed by atoms with van der Waals surface area (Å²) in [5.74, 6) is 3.19. The predicted molar refractivity (Wildman–Crippen MR) is 108 cm³/mol. The molecule has 1 amide bonds. The minimum absolute atomic E-state index is 0.229. The largest absolute Gasteiger partial charge is 0.497 e. The summed E-state index contributed by atoms with van der Waals surface area (Å²) in [5.41, 5.74) is 4.22. The van der Waals surface area contributed by atoms with E-state index in [0.29, 0.717) is 16.9 Å². The lowest BCUT2D eigenvalue weighted by atomic mass is 9.90. The van der Waals surface area contributed by atoms with Crippen LogP contribution in [0.4, 0.5) is 0 Å². The zero-order chi connectivity index (χ0) is 18.8. The highest BCUT2D eigenvalue weighted by Crippen LogP contribution is 2.24. The van der Waals surface area contributed by atoms with Gasteiger partial charge >= 0.3 is 0 Å². The standard InChI is InChI=1S/C22H20N2O2S/c1-3-12-24-19-11-10-18(26-2)14-20(19)27-22(24)23-21(25)17-9-8-15-6-4-5-7-16(15)13-17/h1,8-11,13-14H,4-7,12H2,2H3. The molecule has 0 spiro atoms. The van der Waals surface area contributed by atoms with Crippen molar-refractivity contribution in [2.45, 2.75) is 32.2 Å². The van der Waals surface area contributed by atoms with E-state index in [1.165, 1.54) is 35.3 Å². The van der Waals surface area contributed by atoms with Gasteiger partial charge in [-0.2, -0.15) is 4.99 Å². The van der Waals surface area contributed by atoms with Gasteiger partial charge in [-0.15, -0.1) is 6.42 Å². The molecule has 1 aliphatic carbocycles. The molecule has 5 heteroatoms. The number of aromatic nitrogens is 1. The molecule has 0 atom stereocenters. The molecule has 4 nitrogen and oxygen atoms in total. The SMILES string of the molecule is C#CCn1c(=NC(=O)c2ccc3c(c2)CCCC3)sc2cc(OC)ccc21. The number of benzene rings is 2. The fourth-order valence-corrected chi connectivity index (χ4v) is 4.58. The number of nitrogens with zero attached hydrogens (tertiary/aromatic N) is 2. The number of amides is 1. The second-order valence-electron chi connectivity index (χ2n) is 6.62. The number of hydrogen-bond donors (Lipinski definition) is 0. The van der Waals surface area contributed by atoms with Gasteiger partial charge in [-0.25, -0.2) is 0 Å². The van der Waals surface area contributed by atoms with Crippen LogP contribution >= 0.6 is 11.3 Å². The normalized spacial score (nSPS) is 14.0. The fraction of sp³-hybridized carbons (Fsp3) is 0.273. The van der Waals surface area contributed by atoms with Crippen LogP contribution in [-0.4, -0.2) is 17.6 Å². The number of terminal acetylenes is 1. The average molecular weight is 376 g/mol. The Morgan fingerprint density at radius 2 is 2.04 bits per heavy atom. The summed E-state index contributed by atoms with van der Waals surface area (Å²) < 4.78 is 8.18. The Morgan fingerprint density at radius 3 is 2.81 bits per heavy atom. The van der Waals surface area contributed by atoms with Crippen LogP contribution in [0.2, 0.25) is 0 Å². The Hall–Kier alpha value is -2.84. The molecule has 1 aliphatic rings. The number of carbonyl (C=O) groups excluding carboxylic acids is 1. The first-order chi connectivity index (χ1) is 13.2. The fourth-order valence-electron chi connectivity index (χ4n) is 3.53. The number of hydrogen-bond acceptors (Lipinski definition) is 3. The first-order valence-electron chi connectivity index (χ1n) is 9.01. The summed E-state index contributed by atoms with van der Waals surface area (Å²) >= 11 is 1.45. The van der Waals surface area contributed by atoms with Crippen molar-refractivity contribution in [3.8, 4) is 18.1 Å². The molecule has 136 valence electrons. The molecule has 1 aromatic heterocycles. The average Bonchev–Trinajstić information content (AvgIpc) is 3.04. The molecule has 0 saturated carbocycles. The number of rotatable bonds is 3. The van der Waals surface area contributed by atoms with Gasteiger partial charge in [0.05, 0.1) is 23.9 Å². The Kier molecular flexibility index (Phi) is 4.83. The van der Waals surface area contributed by atoms with Gasteiger partial charge in [0.1, 0.15) is 5.75 Å². The minimum Gasteiger partial charge on any atom is -0.497 e. The molecule has 0 fully saturated rings. The Labute approximate surface area is 162 Å². The first-order valence-corrected chi connectivity index (χ1v) is 9.83. The zero-order valence-electron chi connectivity index (χ0n) is 15.2. The quantitative estimate of drug-likeness (QED) is 0.650. The van der Waals surface area contributed by atoms with Gasteiger partial charge < -0.3 is 9.30 Å². The van der Waals surface area contributed by atoms with Crippen molar-refractivity contribution >= 4 is 27.5 Å². The molecule has 2 aromatic carbocycles. The maximum atomic E-state index is 12.8. The first kappa shape index (κ1) is 17.6. The van der Waals surface area contributed by atoms with Crippen LogP contribution in [0.5, 0.6) is 5.75 Å². The van der Waals surface area contributed by atoms with E-state index < -0.39 is 0 Å². The maximum absolute atomic E-state index is 12.8. The Morgan fingerprint density at radius 1 is 1.22 bits per heavy atom. The van der Waals surface area contributed by atoms with Crippen LogP contribution in [-0.2, 0) is 19.4 Å². The lowest BCUT2D eigenvalue weighted by Gasteiger charge is -2.15. The number of thiazole rings is 1. The summed E-state index contributed by atoms with van der Waals surface area (Å²) in [6, 6.07) is 11.7. The molecule has 0 bridgehead atoms. The smallest absolute Gasteiger partial charge is 0.279 e. The van der Waals surface area contributed by atoms with Gasteiger partial charge in [0, 0.05) is 5.56 Å². The molecule has 0 aliphatic heterocycles. The Balaban J connectivity index is 1.78. The summed E-state index contributed by atoms with van der Waals surface area (Å²) in [5, 5.41) is 0. The van der Waals surface area contributed by atoms with Gasteiger partial charge in [0.25, 0.3) is 5.91 Å². The van der Waals surface area contributed by atoms with Crippen LogP contribution in [0.25, 0.3) is 10.2 Å². The summed E-state index contributed by atoms with van der Waals surface area (Å²) in [6.45, 7) is 0.364. The summed E-state index contributed by atoms with van der Waals surface area (Å²) in [7, 11) is 1.63. The van der Waals surface area contributed by atoms with E-state index in [9.17, 15) is 4.79 Å². The van der Waals surface area contributed by atoms with Crippen molar-refractivity contribution < 1.29 is 9.53 Å². The van der Waals surface area contributed by atoms with Crippen LogP contribution in [0.3, 0.4) is 0 Å². The van der Waals surface area contributed by atoms with E-state index in [1.54, 1.807) is 7.11 Å². The lowest BCUT2D eigenvalue weighted by molar-refractivity contribution is 0.0997. The third kappa shape index (κ3) is 3.41. The topological polar surface area (TPSA) is 43.6 Å². The molecule has 4 rings (SSSR count). The van der Waals surface area contributed by atoms with Crippen LogP contribution in [0, 0.1) is 12.3 Å². The number of carbonyl (C=O) groups is 1. The molecular formula is C22H20N2O2S. The van der Waals surface area contributed by atoms with E-state index in [0.717, 1.165) is 28.8 Å². The van der Waals surface area contributed by atoms with E-state index in [4.69, 9.17) is 11.2 Å². The van der Waals surface area contributed by atoms with Gasteiger partial charge in [0.15, 0.2) is 4.80 Å². The van der Waals surface area contributed by atoms with Gasteiger partial charge in [-0.05, 0) is 67.1 Å². The van der Waals surface area contributed by atoms with E-state index in [2.05, 4.69) is 17.0 Å². The number of aryl methyl sites for hydroxylation is 2. The number of fused-ring (bicyclic) bond motifs is 2. The number of ether oxygens (including phenoxy) is 1. The van der Waals surface area contributed by atoms with Gasteiger partial charge in [0.2, 0.25) is 0 Å². The molecule has 1 heterocycles. The van der Waals surface area contributed by atoms with E-state index in [1.807, 2.05) is 34.9 Å². The van der Waals surface area contributed by atoms with Crippen molar-refractivity contribution in [1.82, 2.24) is 4.57 Å².